The van der Waals surface area contributed by atoms with Crippen molar-refractivity contribution in [3.63, 3.8) is 0 Å². The van der Waals surface area contributed by atoms with Crippen LogP contribution in [0.25, 0.3) is 0 Å². The molecular formula is C15H15BrN2O3. The number of carbonyl (C=O) groups excluding carboxylic acids is 1. The van der Waals surface area contributed by atoms with E-state index in [-0.39, 0.29) is 24.2 Å². The maximum absolute atomic E-state index is 12.0. The minimum Gasteiger partial charge on any atom is -0.477 e. The van der Waals surface area contributed by atoms with Gasteiger partial charge in [0.05, 0.1) is 6.04 Å². The van der Waals surface area contributed by atoms with Crippen molar-refractivity contribution in [2.75, 3.05) is 0 Å². The van der Waals surface area contributed by atoms with Crippen LogP contribution >= 0.6 is 15.9 Å². The zero-order valence-electron chi connectivity index (χ0n) is 11.4. The Morgan fingerprint density at radius 1 is 1.29 bits per heavy atom. The molecule has 1 unspecified atom stereocenters. The van der Waals surface area contributed by atoms with E-state index in [4.69, 9.17) is 5.11 Å². The zero-order chi connectivity index (χ0) is 15.4. The molecule has 0 aliphatic rings. The van der Waals surface area contributed by atoms with Gasteiger partial charge in [-0.3, -0.25) is 4.79 Å². The van der Waals surface area contributed by atoms with Crippen LogP contribution in [0.2, 0.25) is 0 Å². The highest BCUT2D eigenvalue weighted by molar-refractivity contribution is 9.10. The van der Waals surface area contributed by atoms with E-state index in [2.05, 4.69) is 21.2 Å². The number of nitrogens with zero attached hydrogens (tertiary/aromatic N) is 1. The number of carbonyl (C=O) groups is 2. The summed E-state index contributed by atoms with van der Waals surface area (Å²) in [6.45, 7) is 1.87. The summed E-state index contributed by atoms with van der Waals surface area (Å²) in [5.41, 5.74) is 1.08. The van der Waals surface area contributed by atoms with Crippen molar-refractivity contribution in [2.24, 2.45) is 0 Å². The lowest BCUT2D eigenvalue weighted by molar-refractivity contribution is -0.122. The number of hydrogen-bond acceptors (Lipinski definition) is 2. The first-order valence-corrected chi connectivity index (χ1v) is 7.20. The Bertz CT molecular complexity index is 649. The number of benzene rings is 1. The van der Waals surface area contributed by atoms with Crippen LogP contribution in [0.4, 0.5) is 0 Å². The lowest BCUT2D eigenvalue weighted by Crippen LogP contribution is -2.30. The van der Waals surface area contributed by atoms with Gasteiger partial charge < -0.3 is 15.0 Å². The van der Waals surface area contributed by atoms with Crippen LogP contribution in [0.1, 0.15) is 29.0 Å². The minimum atomic E-state index is -1.05. The molecular weight excluding hydrogens is 336 g/mol. The number of aromatic nitrogens is 1. The average Bonchev–Trinajstić information content (AvgIpc) is 2.87. The molecule has 0 aliphatic carbocycles. The van der Waals surface area contributed by atoms with Gasteiger partial charge in [-0.25, -0.2) is 4.79 Å². The van der Waals surface area contributed by atoms with Crippen molar-refractivity contribution < 1.29 is 14.7 Å². The molecule has 1 heterocycles. The number of amides is 1. The first-order valence-electron chi connectivity index (χ1n) is 6.40. The number of carboxylic acids is 1. The summed E-state index contributed by atoms with van der Waals surface area (Å²) >= 11 is 3.36. The molecule has 1 aromatic carbocycles. The van der Waals surface area contributed by atoms with Gasteiger partial charge in [-0.15, -0.1) is 0 Å². The van der Waals surface area contributed by atoms with E-state index in [1.54, 1.807) is 12.3 Å². The van der Waals surface area contributed by atoms with Gasteiger partial charge in [-0.1, -0.05) is 28.1 Å². The SMILES string of the molecule is CC(NC(=O)Cn1cccc1C(=O)O)c1ccc(Br)cc1. The topological polar surface area (TPSA) is 71.3 Å². The van der Waals surface area contributed by atoms with Crippen molar-refractivity contribution in [2.45, 2.75) is 19.5 Å². The standard InChI is InChI=1S/C15H15BrN2O3/c1-10(11-4-6-12(16)7-5-11)17-14(19)9-18-8-2-3-13(18)15(20)21/h2-8,10H,9H2,1H3,(H,17,19)(H,20,21). The lowest BCUT2D eigenvalue weighted by Gasteiger charge is -2.15. The van der Waals surface area contributed by atoms with Crippen molar-refractivity contribution in [1.29, 1.82) is 0 Å². The molecule has 0 saturated carbocycles. The fourth-order valence-electron chi connectivity index (χ4n) is 2.02. The zero-order valence-corrected chi connectivity index (χ0v) is 13.0. The third-order valence-corrected chi connectivity index (χ3v) is 3.64. The summed E-state index contributed by atoms with van der Waals surface area (Å²) in [7, 11) is 0. The molecule has 21 heavy (non-hydrogen) atoms. The number of aromatic carboxylic acids is 1. The molecule has 0 radical (unpaired) electrons. The van der Waals surface area contributed by atoms with Crippen molar-refractivity contribution in [1.82, 2.24) is 9.88 Å². The monoisotopic (exact) mass is 350 g/mol. The molecule has 0 spiro atoms. The van der Waals surface area contributed by atoms with Gasteiger partial charge in [0.2, 0.25) is 5.91 Å². The predicted molar refractivity (Wildman–Crippen MR) is 82.1 cm³/mol. The summed E-state index contributed by atoms with van der Waals surface area (Å²) < 4.78 is 2.38. The van der Waals surface area contributed by atoms with Gasteiger partial charge in [0.15, 0.2) is 0 Å². The summed E-state index contributed by atoms with van der Waals surface area (Å²) in [6, 6.07) is 10.6. The van der Waals surface area contributed by atoms with Crippen LogP contribution in [-0.4, -0.2) is 21.6 Å². The van der Waals surface area contributed by atoms with Gasteiger partial charge >= 0.3 is 5.97 Å². The second-order valence-corrected chi connectivity index (χ2v) is 5.58. The number of hydrogen-bond donors (Lipinski definition) is 2. The number of halogens is 1. The van der Waals surface area contributed by atoms with Crippen LogP contribution < -0.4 is 5.32 Å². The normalized spacial score (nSPS) is 11.9. The van der Waals surface area contributed by atoms with Crippen molar-refractivity contribution in [3.8, 4) is 0 Å². The number of rotatable bonds is 5. The van der Waals surface area contributed by atoms with E-state index < -0.39 is 5.97 Å². The van der Waals surface area contributed by atoms with E-state index in [9.17, 15) is 9.59 Å². The summed E-state index contributed by atoms with van der Waals surface area (Å²) in [4.78, 5) is 23.0. The molecule has 2 aromatic rings. The molecule has 2 rings (SSSR count). The Balaban J connectivity index is 1.99. The summed E-state index contributed by atoms with van der Waals surface area (Å²) in [6.07, 6.45) is 1.58. The number of carboxylic acid groups (broad SMARTS) is 1. The van der Waals surface area contributed by atoms with Gasteiger partial charge in [0.25, 0.3) is 0 Å². The molecule has 1 aromatic heterocycles. The summed E-state index contributed by atoms with van der Waals surface area (Å²) in [5, 5.41) is 11.8. The number of nitrogens with one attached hydrogen (secondary N) is 1. The van der Waals surface area contributed by atoms with Crippen molar-refractivity contribution >= 4 is 27.8 Å². The highest BCUT2D eigenvalue weighted by Gasteiger charge is 2.14. The highest BCUT2D eigenvalue weighted by atomic mass is 79.9. The van der Waals surface area contributed by atoms with E-state index in [0.29, 0.717) is 0 Å². The van der Waals surface area contributed by atoms with Crippen LogP contribution in [-0.2, 0) is 11.3 Å². The Morgan fingerprint density at radius 2 is 1.95 bits per heavy atom. The first-order chi connectivity index (χ1) is 9.97. The van der Waals surface area contributed by atoms with Gasteiger partial charge in [0, 0.05) is 10.7 Å². The fourth-order valence-corrected chi connectivity index (χ4v) is 2.29. The van der Waals surface area contributed by atoms with E-state index >= 15 is 0 Å². The Morgan fingerprint density at radius 3 is 2.57 bits per heavy atom. The highest BCUT2D eigenvalue weighted by Crippen LogP contribution is 2.16. The van der Waals surface area contributed by atoms with Crippen LogP contribution in [0.5, 0.6) is 0 Å². The molecule has 2 N–H and O–H groups in total. The summed E-state index contributed by atoms with van der Waals surface area (Å²) in [5.74, 6) is -1.28. The maximum atomic E-state index is 12.0. The van der Waals surface area contributed by atoms with Crippen molar-refractivity contribution in [3.05, 3.63) is 58.3 Å². The molecule has 0 saturated heterocycles. The third kappa shape index (κ3) is 3.95. The maximum Gasteiger partial charge on any atom is 0.352 e. The van der Waals surface area contributed by atoms with Crippen LogP contribution in [0.15, 0.2) is 47.1 Å². The molecule has 1 amide bonds. The van der Waals surface area contributed by atoms with Gasteiger partial charge in [-0.05, 0) is 36.8 Å². The molecule has 0 fully saturated rings. The lowest BCUT2D eigenvalue weighted by atomic mass is 10.1. The van der Waals surface area contributed by atoms with Crippen LogP contribution in [0.3, 0.4) is 0 Å². The second-order valence-electron chi connectivity index (χ2n) is 4.67. The molecule has 110 valence electrons. The Labute approximate surface area is 130 Å². The molecule has 1 atom stereocenters. The Kier molecular flexibility index (Phi) is 4.80. The molecule has 5 nitrogen and oxygen atoms in total. The average molecular weight is 351 g/mol. The predicted octanol–water partition coefficient (Wildman–Crippen LogP) is 2.83. The first kappa shape index (κ1) is 15.3. The van der Waals surface area contributed by atoms with E-state index in [0.717, 1.165) is 10.0 Å². The second kappa shape index (κ2) is 6.58. The van der Waals surface area contributed by atoms with Crippen LogP contribution in [0, 0.1) is 0 Å². The Hall–Kier alpha value is -2.08. The minimum absolute atomic E-state index is 0.0184. The fraction of sp³-hybridized carbons (Fsp3) is 0.200. The largest absolute Gasteiger partial charge is 0.477 e. The van der Waals surface area contributed by atoms with Gasteiger partial charge in [0.1, 0.15) is 12.2 Å². The molecule has 6 heteroatoms. The quantitative estimate of drug-likeness (QED) is 0.870. The van der Waals surface area contributed by atoms with E-state index in [1.807, 2.05) is 31.2 Å². The third-order valence-electron chi connectivity index (χ3n) is 3.11. The smallest absolute Gasteiger partial charge is 0.352 e. The molecule has 0 aliphatic heterocycles. The van der Waals surface area contributed by atoms with E-state index in [1.165, 1.54) is 10.6 Å². The van der Waals surface area contributed by atoms with Gasteiger partial charge in [-0.2, -0.15) is 0 Å². The molecule has 0 bridgehead atoms.